The quantitative estimate of drug-likeness (QED) is 0.464. The number of hydroxylamine groups is 2. The molecule has 92 valence electrons. The summed E-state index contributed by atoms with van der Waals surface area (Å²) in [5, 5.41) is 0.923. The van der Waals surface area contributed by atoms with E-state index in [1.165, 1.54) is 14.2 Å². The van der Waals surface area contributed by atoms with Crippen LogP contribution in [0.1, 0.15) is 5.56 Å². The Labute approximate surface area is 96.1 Å². The van der Waals surface area contributed by atoms with Crippen LogP contribution in [0, 0.1) is 17.5 Å². The minimum atomic E-state index is -1.54. The molecule has 0 saturated carbocycles. The van der Waals surface area contributed by atoms with Gasteiger partial charge in [-0.2, -0.15) is 0 Å². The number of rotatable bonds is 3. The molecule has 0 atom stereocenters. The van der Waals surface area contributed by atoms with E-state index in [4.69, 9.17) is 0 Å². The number of halogens is 3. The van der Waals surface area contributed by atoms with Crippen LogP contribution in [0.4, 0.5) is 13.2 Å². The Balaban J connectivity index is 2.89. The van der Waals surface area contributed by atoms with Crippen LogP contribution in [0.2, 0.25) is 0 Å². The molecule has 3 nitrogen and oxygen atoms in total. The lowest BCUT2D eigenvalue weighted by molar-refractivity contribution is -0.162. The van der Waals surface area contributed by atoms with Gasteiger partial charge in [-0.1, -0.05) is 0 Å². The van der Waals surface area contributed by atoms with Gasteiger partial charge in [-0.15, -0.1) is 0 Å². The summed E-state index contributed by atoms with van der Waals surface area (Å²) in [6.45, 7) is 0. The van der Waals surface area contributed by atoms with Gasteiger partial charge in [0.25, 0.3) is 5.91 Å². The van der Waals surface area contributed by atoms with Crippen molar-refractivity contribution < 1.29 is 22.8 Å². The number of amides is 1. The second-order valence-corrected chi connectivity index (χ2v) is 3.15. The van der Waals surface area contributed by atoms with Gasteiger partial charge in [0.05, 0.1) is 7.11 Å². The lowest BCUT2D eigenvalue weighted by atomic mass is 10.2. The van der Waals surface area contributed by atoms with Crippen molar-refractivity contribution in [3.63, 3.8) is 0 Å². The lowest BCUT2D eigenvalue weighted by Gasteiger charge is -2.09. The average molecular weight is 245 g/mol. The molecule has 0 heterocycles. The normalized spacial score (nSPS) is 10.9. The predicted octanol–water partition coefficient (Wildman–Crippen LogP) is 2.14. The zero-order valence-corrected chi connectivity index (χ0v) is 9.21. The molecule has 0 aliphatic rings. The molecule has 0 fully saturated rings. The molecule has 0 bridgehead atoms. The molecule has 1 aromatic rings. The van der Waals surface area contributed by atoms with E-state index in [9.17, 15) is 18.0 Å². The van der Waals surface area contributed by atoms with E-state index in [2.05, 4.69) is 4.84 Å². The first-order valence-corrected chi connectivity index (χ1v) is 4.60. The van der Waals surface area contributed by atoms with Gasteiger partial charge in [-0.25, -0.2) is 18.2 Å². The zero-order valence-electron chi connectivity index (χ0n) is 9.21. The van der Waals surface area contributed by atoms with Crippen molar-refractivity contribution >= 4 is 12.0 Å². The monoisotopic (exact) mass is 245 g/mol. The second-order valence-electron chi connectivity index (χ2n) is 3.15. The fourth-order valence-electron chi connectivity index (χ4n) is 1.03. The molecule has 0 aliphatic carbocycles. The van der Waals surface area contributed by atoms with Crippen molar-refractivity contribution in [1.82, 2.24) is 5.06 Å². The van der Waals surface area contributed by atoms with Crippen LogP contribution in [0.15, 0.2) is 18.2 Å². The number of likely N-dealkylation sites (N-methyl/N-ethyl adjacent to an activating group) is 1. The first-order valence-electron chi connectivity index (χ1n) is 4.60. The van der Waals surface area contributed by atoms with Crippen molar-refractivity contribution in [2.45, 2.75) is 0 Å². The second kappa shape index (κ2) is 5.49. The molecule has 1 amide bonds. The number of carbonyl (C=O) groups is 1. The third-order valence-electron chi connectivity index (χ3n) is 2.01. The van der Waals surface area contributed by atoms with E-state index in [1.807, 2.05) is 0 Å². The van der Waals surface area contributed by atoms with E-state index in [1.54, 1.807) is 0 Å². The highest BCUT2D eigenvalue weighted by atomic mass is 19.2. The summed E-state index contributed by atoms with van der Waals surface area (Å²) in [6.07, 6.45) is 2.21. The molecule has 0 saturated heterocycles. The third kappa shape index (κ3) is 3.32. The maximum atomic E-state index is 12.8. The Bertz CT molecular complexity index is 437. The maximum Gasteiger partial charge on any atom is 0.269 e. The molecular weight excluding hydrogens is 235 g/mol. The van der Waals surface area contributed by atoms with Crippen LogP contribution >= 0.6 is 0 Å². The fraction of sp³-hybridized carbons (Fsp3) is 0.182. The Morgan fingerprint density at radius 3 is 2.29 bits per heavy atom. The first kappa shape index (κ1) is 13.2. The zero-order chi connectivity index (χ0) is 13.0. The third-order valence-corrected chi connectivity index (χ3v) is 2.01. The highest BCUT2D eigenvalue weighted by Crippen LogP contribution is 2.14. The van der Waals surface area contributed by atoms with Crippen molar-refractivity contribution in [2.75, 3.05) is 14.2 Å². The van der Waals surface area contributed by atoms with Gasteiger partial charge in [-0.05, 0) is 23.8 Å². The number of hydrogen-bond acceptors (Lipinski definition) is 2. The molecule has 1 aromatic carbocycles. The summed E-state index contributed by atoms with van der Waals surface area (Å²) in [5.41, 5.74) is 0.0410. The van der Waals surface area contributed by atoms with Crippen LogP contribution in [-0.2, 0) is 9.63 Å². The standard InChI is InChI=1S/C11H10F3NO2/c1-15(17-2)10(16)4-3-7-5-8(12)11(14)9(13)6-7/h3-6H,1-2H3. The van der Waals surface area contributed by atoms with E-state index in [0.717, 1.165) is 29.3 Å². The highest BCUT2D eigenvalue weighted by Gasteiger charge is 2.09. The molecular formula is C11H10F3NO2. The van der Waals surface area contributed by atoms with Gasteiger partial charge < -0.3 is 0 Å². The Kier molecular flexibility index (Phi) is 4.28. The SMILES string of the molecule is CON(C)C(=O)C=Cc1cc(F)c(F)c(F)c1. The van der Waals surface area contributed by atoms with Crippen LogP contribution in [0.5, 0.6) is 0 Å². The summed E-state index contributed by atoms with van der Waals surface area (Å²) >= 11 is 0. The molecule has 0 N–H and O–H groups in total. The van der Waals surface area contributed by atoms with E-state index in [0.29, 0.717) is 0 Å². The smallest absolute Gasteiger partial charge is 0.269 e. The van der Waals surface area contributed by atoms with Gasteiger partial charge in [0.1, 0.15) is 0 Å². The molecule has 0 radical (unpaired) electrons. The molecule has 0 spiro atoms. The predicted molar refractivity (Wildman–Crippen MR) is 55.1 cm³/mol. The van der Waals surface area contributed by atoms with Crippen LogP contribution in [0.25, 0.3) is 6.08 Å². The van der Waals surface area contributed by atoms with Crippen molar-refractivity contribution in [3.05, 3.63) is 41.2 Å². The summed E-state index contributed by atoms with van der Waals surface area (Å²) in [7, 11) is 2.67. The molecule has 0 aliphatic heterocycles. The summed E-state index contributed by atoms with van der Waals surface area (Å²) in [4.78, 5) is 15.8. The van der Waals surface area contributed by atoms with Gasteiger partial charge in [-0.3, -0.25) is 9.63 Å². The van der Waals surface area contributed by atoms with Crippen LogP contribution in [0.3, 0.4) is 0 Å². The Hall–Kier alpha value is -1.82. The minimum absolute atomic E-state index is 0.0410. The highest BCUT2D eigenvalue weighted by molar-refractivity contribution is 5.90. The van der Waals surface area contributed by atoms with Crippen LogP contribution in [-0.4, -0.2) is 25.1 Å². The molecule has 0 aromatic heterocycles. The Morgan fingerprint density at radius 1 is 1.29 bits per heavy atom. The maximum absolute atomic E-state index is 12.8. The topological polar surface area (TPSA) is 29.5 Å². The van der Waals surface area contributed by atoms with Gasteiger partial charge in [0.2, 0.25) is 0 Å². The van der Waals surface area contributed by atoms with Gasteiger partial charge >= 0.3 is 0 Å². The average Bonchev–Trinajstić information content (AvgIpc) is 2.31. The number of hydrogen-bond donors (Lipinski definition) is 0. The molecule has 6 heteroatoms. The lowest BCUT2D eigenvalue weighted by Crippen LogP contribution is -2.22. The fourth-order valence-corrected chi connectivity index (χ4v) is 1.03. The summed E-state index contributed by atoms with van der Waals surface area (Å²) in [6, 6.07) is 1.57. The number of nitrogens with zero attached hydrogens (tertiary/aromatic N) is 1. The van der Waals surface area contributed by atoms with Crippen molar-refractivity contribution in [1.29, 1.82) is 0 Å². The van der Waals surface area contributed by atoms with Gasteiger partial charge in [0.15, 0.2) is 17.5 Å². The summed E-state index contributed by atoms with van der Waals surface area (Å²) in [5.74, 6) is -4.67. The van der Waals surface area contributed by atoms with E-state index < -0.39 is 23.4 Å². The van der Waals surface area contributed by atoms with E-state index >= 15 is 0 Å². The largest absolute Gasteiger partial charge is 0.274 e. The molecule has 1 rings (SSSR count). The van der Waals surface area contributed by atoms with Crippen LogP contribution < -0.4 is 0 Å². The summed E-state index contributed by atoms with van der Waals surface area (Å²) < 4.78 is 38.3. The van der Waals surface area contributed by atoms with Crippen molar-refractivity contribution in [2.24, 2.45) is 0 Å². The Morgan fingerprint density at radius 2 is 1.82 bits per heavy atom. The van der Waals surface area contributed by atoms with Gasteiger partial charge in [0, 0.05) is 13.1 Å². The first-order chi connectivity index (χ1) is 7.95. The minimum Gasteiger partial charge on any atom is -0.274 e. The molecule has 0 unspecified atom stereocenters. The number of benzene rings is 1. The molecule has 17 heavy (non-hydrogen) atoms. The van der Waals surface area contributed by atoms with E-state index in [-0.39, 0.29) is 5.56 Å². The van der Waals surface area contributed by atoms with Crippen molar-refractivity contribution in [3.8, 4) is 0 Å². The number of carbonyl (C=O) groups excluding carboxylic acids is 1.